The molecule has 0 unspecified atom stereocenters. The van der Waals surface area contributed by atoms with Crippen LogP contribution in [-0.4, -0.2) is 38.0 Å². The van der Waals surface area contributed by atoms with Gasteiger partial charge >= 0.3 is 5.97 Å². The smallest absolute Gasteiger partial charge is 0.338 e. The fourth-order valence-electron chi connectivity index (χ4n) is 5.39. The van der Waals surface area contributed by atoms with Crippen LogP contribution in [0.25, 0.3) is 6.08 Å². The van der Waals surface area contributed by atoms with Crippen LogP contribution in [-0.2, 0) is 16.1 Å². The van der Waals surface area contributed by atoms with Crippen LogP contribution in [0.1, 0.15) is 56.3 Å². The number of hydrogen-bond donors (Lipinski definition) is 0. The van der Waals surface area contributed by atoms with Gasteiger partial charge in [0.25, 0.3) is 5.56 Å². The number of hydrogen-bond acceptors (Lipinski definition) is 9. The van der Waals surface area contributed by atoms with Crippen molar-refractivity contribution in [3.05, 3.63) is 113 Å². The summed E-state index contributed by atoms with van der Waals surface area (Å²) in [6.45, 7) is 6.53. The van der Waals surface area contributed by atoms with Crippen molar-refractivity contribution >= 4 is 35.0 Å². The van der Waals surface area contributed by atoms with Crippen LogP contribution in [0.5, 0.6) is 23.0 Å². The van der Waals surface area contributed by atoms with Gasteiger partial charge in [-0.05, 0) is 68.3 Å². The average Bonchev–Trinajstić information content (AvgIpc) is 3.38. The van der Waals surface area contributed by atoms with Gasteiger partial charge in [-0.3, -0.25) is 9.36 Å². The summed E-state index contributed by atoms with van der Waals surface area (Å²) < 4.78 is 30.7. The number of thiazole rings is 1. The number of nitrogens with zero attached hydrogens (tertiary/aromatic N) is 2. The van der Waals surface area contributed by atoms with Crippen LogP contribution >= 0.6 is 22.9 Å². The molecule has 0 saturated carbocycles. The Morgan fingerprint density at radius 1 is 0.957 bits per heavy atom. The molecule has 1 atom stereocenters. The Balaban J connectivity index is 1.64. The molecule has 1 aliphatic rings. The average molecular weight is 677 g/mol. The van der Waals surface area contributed by atoms with Gasteiger partial charge in [-0.1, -0.05) is 60.5 Å². The van der Waals surface area contributed by atoms with Crippen LogP contribution in [0, 0.1) is 0 Å². The van der Waals surface area contributed by atoms with Crippen molar-refractivity contribution in [3.63, 3.8) is 0 Å². The summed E-state index contributed by atoms with van der Waals surface area (Å²) in [5, 5.41) is 0.621. The lowest BCUT2D eigenvalue weighted by Crippen LogP contribution is -2.40. The molecule has 0 spiro atoms. The highest BCUT2D eigenvalue weighted by Gasteiger charge is 2.36. The number of fused-ring (bicyclic) bond motifs is 1. The standard InChI is InChI=1S/C36H37ClN2O7S/c1-6-11-27-32(35(41)45-8-3)33(25-20-24(42-4)15-17-28(25)43-5)39-34(40)31(47-36(39)38-27)19-22-14-16-29(30(18-22)44-7-2)46-21-23-12-9-10-13-26(23)37/h9-10,12-20,33H,6-8,11,21H2,1-5H3/b31-19-/t33-/m0/s1. The van der Waals surface area contributed by atoms with Crippen LogP contribution in [0.15, 0.2) is 81.7 Å². The number of benzene rings is 3. The normalized spacial score (nSPS) is 14.3. The second-order valence-corrected chi connectivity index (χ2v) is 12.0. The van der Waals surface area contributed by atoms with E-state index in [0.29, 0.717) is 67.2 Å². The highest BCUT2D eigenvalue weighted by atomic mass is 35.5. The van der Waals surface area contributed by atoms with Gasteiger partial charge in [0, 0.05) is 16.1 Å². The Kier molecular flexibility index (Phi) is 11.1. The maximum atomic E-state index is 14.3. The molecule has 0 saturated heterocycles. The molecule has 246 valence electrons. The summed E-state index contributed by atoms with van der Waals surface area (Å²) >= 11 is 7.57. The molecule has 47 heavy (non-hydrogen) atoms. The maximum absolute atomic E-state index is 14.3. The van der Waals surface area contributed by atoms with Gasteiger partial charge in [-0.15, -0.1) is 0 Å². The van der Waals surface area contributed by atoms with Crippen molar-refractivity contribution in [1.82, 2.24) is 4.57 Å². The van der Waals surface area contributed by atoms with E-state index >= 15 is 0 Å². The van der Waals surface area contributed by atoms with Crippen molar-refractivity contribution < 1.29 is 28.5 Å². The van der Waals surface area contributed by atoms with E-state index in [9.17, 15) is 9.59 Å². The van der Waals surface area contributed by atoms with Crippen LogP contribution < -0.4 is 33.8 Å². The number of allylic oxidation sites excluding steroid dienone is 1. The Hall–Kier alpha value is -4.54. The molecule has 5 rings (SSSR count). The number of halogens is 1. The first-order chi connectivity index (χ1) is 22.8. The van der Waals surface area contributed by atoms with Crippen LogP contribution in [0.2, 0.25) is 5.02 Å². The summed E-state index contributed by atoms with van der Waals surface area (Å²) in [6, 6.07) is 17.5. The SMILES string of the molecule is CCCC1=C(C(=O)OCC)[C@H](c2cc(OC)ccc2OC)n2c(s/c(=C\c3ccc(OCc4ccccc4Cl)c(OCC)c3)c2=O)=N1. The summed E-state index contributed by atoms with van der Waals surface area (Å²) in [6.07, 6.45) is 3.05. The van der Waals surface area contributed by atoms with Gasteiger partial charge in [0.05, 0.1) is 43.2 Å². The van der Waals surface area contributed by atoms with Crippen molar-refractivity contribution in [2.24, 2.45) is 4.99 Å². The minimum atomic E-state index is -0.848. The summed E-state index contributed by atoms with van der Waals surface area (Å²) in [4.78, 5) is 33.2. The van der Waals surface area contributed by atoms with Crippen molar-refractivity contribution in [1.29, 1.82) is 0 Å². The monoisotopic (exact) mass is 676 g/mol. The number of aromatic nitrogens is 1. The first-order valence-electron chi connectivity index (χ1n) is 15.4. The lowest BCUT2D eigenvalue weighted by atomic mass is 9.93. The molecular formula is C36H37ClN2O7S. The molecule has 0 N–H and O–H groups in total. The molecular weight excluding hydrogens is 640 g/mol. The summed E-state index contributed by atoms with van der Waals surface area (Å²) in [7, 11) is 3.11. The molecule has 11 heteroatoms. The first-order valence-corrected chi connectivity index (χ1v) is 16.6. The molecule has 0 amide bonds. The minimum absolute atomic E-state index is 0.175. The Morgan fingerprint density at radius 2 is 1.74 bits per heavy atom. The number of methoxy groups -OCH3 is 2. The molecule has 0 bridgehead atoms. The highest BCUT2D eigenvalue weighted by Crippen LogP contribution is 2.39. The van der Waals surface area contributed by atoms with E-state index < -0.39 is 12.0 Å². The Bertz CT molecular complexity index is 1980. The lowest BCUT2D eigenvalue weighted by molar-refractivity contribution is -0.139. The second-order valence-electron chi connectivity index (χ2n) is 10.5. The second kappa shape index (κ2) is 15.4. The molecule has 0 aliphatic carbocycles. The van der Waals surface area contributed by atoms with E-state index in [-0.39, 0.29) is 18.8 Å². The van der Waals surface area contributed by atoms with Crippen molar-refractivity contribution in [2.75, 3.05) is 27.4 Å². The zero-order valence-electron chi connectivity index (χ0n) is 27.0. The number of ether oxygens (including phenoxy) is 5. The maximum Gasteiger partial charge on any atom is 0.338 e. The van der Waals surface area contributed by atoms with Gasteiger partial charge in [0.1, 0.15) is 24.1 Å². The molecule has 0 radical (unpaired) electrons. The molecule has 1 aromatic heterocycles. The fourth-order valence-corrected chi connectivity index (χ4v) is 6.60. The molecule has 4 aromatic rings. The largest absolute Gasteiger partial charge is 0.497 e. The predicted molar refractivity (Wildman–Crippen MR) is 183 cm³/mol. The van der Waals surface area contributed by atoms with Gasteiger partial charge in [-0.2, -0.15) is 0 Å². The van der Waals surface area contributed by atoms with Crippen molar-refractivity contribution in [3.8, 4) is 23.0 Å². The first kappa shape index (κ1) is 33.8. The molecule has 1 aliphatic heterocycles. The number of esters is 1. The van der Waals surface area contributed by atoms with Crippen LogP contribution in [0.4, 0.5) is 0 Å². The van der Waals surface area contributed by atoms with Crippen molar-refractivity contribution in [2.45, 2.75) is 46.3 Å². The lowest BCUT2D eigenvalue weighted by Gasteiger charge is -2.27. The van der Waals surface area contributed by atoms with E-state index in [4.69, 9.17) is 40.3 Å². The van der Waals surface area contributed by atoms with Gasteiger partial charge in [0.2, 0.25) is 0 Å². The predicted octanol–water partition coefficient (Wildman–Crippen LogP) is 6.23. The molecule has 0 fully saturated rings. The highest BCUT2D eigenvalue weighted by molar-refractivity contribution is 7.07. The number of carbonyl (C=O) groups is 1. The zero-order chi connectivity index (χ0) is 33.5. The van der Waals surface area contributed by atoms with Gasteiger partial charge in [-0.25, -0.2) is 9.79 Å². The fraction of sp³-hybridized carbons (Fsp3) is 0.306. The molecule has 2 heterocycles. The molecule has 9 nitrogen and oxygen atoms in total. The Morgan fingerprint density at radius 3 is 2.45 bits per heavy atom. The summed E-state index contributed by atoms with van der Waals surface area (Å²) in [5.41, 5.74) is 2.75. The summed E-state index contributed by atoms with van der Waals surface area (Å²) in [5.74, 6) is 1.62. The van der Waals surface area contributed by atoms with Gasteiger partial charge in [0.15, 0.2) is 16.3 Å². The van der Waals surface area contributed by atoms with E-state index in [1.54, 1.807) is 50.0 Å². The van der Waals surface area contributed by atoms with E-state index in [0.717, 1.165) is 17.5 Å². The topological polar surface area (TPSA) is 97.6 Å². The minimum Gasteiger partial charge on any atom is -0.497 e. The third kappa shape index (κ3) is 7.24. The number of carbonyl (C=O) groups excluding carboxylic acids is 1. The van der Waals surface area contributed by atoms with E-state index in [2.05, 4.69) is 0 Å². The Labute approximate surface area is 282 Å². The molecule has 3 aromatic carbocycles. The number of rotatable bonds is 13. The third-order valence-electron chi connectivity index (χ3n) is 7.53. The third-order valence-corrected chi connectivity index (χ3v) is 8.88. The quantitative estimate of drug-likeness (QED) is 0.155. The van der Waals surface area contributed by atoms with Crippen LogP contribution in [0.3, 0.4) is 0 Å². The van der Waals surface area contributed by atoms with E-state index in [1.807, 2.05) is 56.3 Å². The van der Waals surface area contributed by atoms with E-state index in [1.165, 1.54) is 11.3 Å². The zero-order valence-corrected chi connectivity index (χ0v) is 28.6. The van der Waals surface area contributed by atoms with Gasteiger partial charge < -0.3 is 23.7 Å².